The molecule has 1 N–H and O–H groups in total. The molecular formula is C8H9NO3S. The maximum Gasteiger partial charge on any atom is 0.297 e. The monoisotopic (exact) mass is 199 g/mol. The molecule has 0 atom stereocenters. The lowest BCUT2D eigenvalue weighted by atomic mass is 10.4. The summed E-state index contributed by atoms with van der Waals surface area (Å²) in [5, 5.41) is 6.63. The molecule has 70 valence electrons. The first-order valence-corrected chi connectivity index (χ1v) is 5.01. The molecule has 0 bridgehead atoms. The van der Waals surface area contributed by atoms with Crippen LogP contribution in [0.4, 0.5) is 0 Å². The Kier molecular flexibility index (Phi) is 3.16. The van der Waals surface area contributed by atoms with E-state index in [0.717, 1.165) is 6.21 Å². The molecule has 0 aliphatic carbocycles. The third kappa shape index (κ3) is 2.64. The Balaban J connectivity index is 2.88. The second kappa shape index (κ2) is 4.15. The van der Waals surface area contributed by atoms with Gasteiger partial charge >= 0.3 is 0 Å². The Morgan fingerprint density at radius 3 is 2.46 bits per heavy atom. The molecule has 0 saturated carbocycles. The summed E-state index contributed by atoms with van der Waals surface area (Å²) in [5.41, 5.74) is 0. The van der Waals surface area contributed by atoms with Crippen LogP contribution in [0.25, 0.3) is 0 Å². The third-order valence-corrected chi connectivity index (χ3v) is 2.63. The highest BCUT2D eigenvalue weighted by molar-refractivity contribution is 7.86. The van der Waals surface area contributed by atoms with Crippen LogP contribution < -0.4 is 0 Å². The van der Waals surface area contributed by atoms with Crippen LogP contribution in [-0.2, 0) is 14.3 Å². The van der Waals surface area contributed by atoms with Crippen molar-refractivity contribution in [3.8, 4) is 0 Å². The molecule has 0 spiro atoms. The number of hydrogen-bond acceptors (Lipinski definition) is 4. The van der Waals surface area contributed by atoms with Gasteiger partial charge < -0.3 is 5.41 Å². The van der Waals surface area contributed by atoms with Crippen LogP contribution in [0.15, 0.2) is 35.2 Å². The summed E-state index contributed by atoms with van der Waals surface area (Å²) in [6.07, 6.45) is 0.889. The van der Waals surface area contributed by atoms with Crippen LogP contribution in [0.1, 0.15) is 0 Å². The maximum absolute atomic E-state index is 11.3. The van der Waals surface area contributed by atoms with Gasteiger partial charge in [0.1, 0.15) is 6.61 Å². The van der Waals surface area contributed by atoms with Gasteiger partial charge in [0.15, 0.2) is 0 Å². The van der Waals surface area contributed by atoms with Crippen molar-refractivity contribution in [2.45, 2.75) is 4.90 Å². The summed E-state index contributed by atoms with van der Waals surface area (Å²) < 4.78 is 27.0. The van der Waals surface area contributed by atoms with Gasteiger partial charge in [-0.2, -0.15) is 8.42 Å². The van der Waals surface area contributed by atoms with E-state index in [1.807, 2.05) is 0 Å². The Morgan fingerprint density at radius 1 is 1.31 bits per heavy atom. The fourth-order valence-electron chi connectivity index (χ4n) is 0.779. The van der Waals surface area contributed by atoms with Crippen molar-refractivity contribution in [2.75, 3.05) is 6.61 Å². The number of hydrogen-bond donors (Lipinski definition) is 1. The summed E-state index contributed by atoms with van der Waals surface area (Å²) in [5.74, 6) is 0. The van der Waals surface area contributed by atoms with E-state index >= 15 is 0 Å². The number of nitrogens with one attached hydrogen (secondary N) is 1. The van der Waals surface area contributed by atoms with Crippen molar-refractivity contribution in [1.29, 1.82) is 5.41 Å². The SMILES string of the molecule is N=CCOS(=O)(=O)c1ccccc1. The highest BCUT2D eigenvalue weighted by atomic mass is 32.2. The van der Waals surface area contributed by atoms with Crippen LogP contribution in [0.3, 0.4) is 0 Å². The number of rotatable bonds is 4. The van der Waals surface area contributed by atoms with Gasteiger partial charge in [0.25, 0.3) is 10.1 Å². The summed E-state index contributed by atoms with van der Waals surface area (Å²) in [4.78, 5) is 0.108. The van der Waals surface area contributed by atoms with Gasteiger partial charge in [-0.05, 0) is 12.1 Å². The average molecular weight is 199 g/mol. The first-order valence-electron chi connectivity index (χ1n) is 3.60. The van der Waals surface area contributed by atoms with Gasteiger partial charge in [-0.3, -0.25) is 4.18 Å². The zero-order chi connectivity index (χ0) is 9.73. The van der Waals surface area contributed by atoms with E-state index in [4.69, 9.17) is 5.41 Å². The van der Waals surface area contributed by atoms with E-state index < -0.39 is 10.1 Å². The number of benzene rings is 1. The molecule has 4 nitrogen and oxygen atoms in total. The molecule has 13 heavy (non-hydrogen) atoms. The van der Waals surface area contributed by atoms with E-state index in [2.05, 4.69) is 4.18 Å². The largest absolute Gasteiger partial charge is 0.311 e. The topological polar surface area (TPSA) is 67.2 Å². The van der Waals surface area contributed by atoms with Gasteiger partial charge in [0, 0.05) is 6.21 Å². The second-order valence-electron chi connectivity index (χ2n) is 2.26. The van der Waals surface area contributed by atoms with Crippen LogP contribution in [0.5, 0.6) is 0 Å². The minimum absolute atomic E-state index is 0.108. The van der Waals surface area contributed by atoms with Crippen molar-refractivity contribution in [2.24, 2.45) is 0 Å². The van der Waals surface area contributed by atoms with E-state index in [1.54, 1.807) is 18.2 Å². The highest BCUT2D eigenvalue weighted by Crippen LogP contribution is 2.10. The lowest BCUT2D eigenvalue weighted by Crippen LogP contribution is -2.07. The average Bonchev–Trinajstić information content (AvgIpc) is 2.16. The Bertz CT molecular complexity index is 372. The van der Waals surface area contributed by atoms with Crippen molar-refractivity contribution in [3.63, 3.8) is 0 Å². The highest BCUT2D eigenvalue weighted by Gasteiger charge is 2.12. The fourth-order valence-corrected chi connectivity index (χ4v) is 1.65. The van der Waals surface area contributed by atoms with Gasteiger partial charge in [-0.1, -0.05) is 18.2 Å². The van der Waals surface area contributed by atoms with Crippen LogP contribution in [-0.4, -0.2) is 21.2 Å². The Morgan fingerprint density at radius 2 is 1.92 bits per heavy atom. The molecule has 0 aliphatic rings. The van der Waals surface area contributed by atoms with Crippen LogP contribution in [0, 0.1) is 5.41 Å². The van der Waals surface area contributed by atoms with Crippen molar-refractivity contribution in [3.05, 3.63) is 30.3 Å². The zero-order valence-electron chi connectivity index (χ0n) is 6.80. The Labute approximate surface area is 76.8 Å². The minimum atomic E-state index is -3.67. The van der Waals surface area contributed by atoms with E-state index in [9.17, 15) is 8.42 Å². The summed E-state index contributed by atoms with van der Waals surface area (Å²) in [6.45, 7) is -0.225. The summed E-state index contributed by atoms with van der Waals surface area (Å²) in [6, 6.07) is 7.83. The predicted molar refractivity (Wildman–Crippen MR) is 48.4 cm³/mol. The molecule has 0 aliphatic heterocycles. The third-order valence-electron chi connectivity index (χ3n) is 1.34. The Hall–Kier alpha value is -1.20. The first-order chi connectivity index (χ1) is 6.17. The van der Waals surface area contributed by atoms with Crippen molar-refractivity contribution in [1.82, 2.24) is 0 Å². The molecule has 0 amide bonds. The molecule has 1 aromatic rings. The lowest BCUT2D eigenvalue weighted by molar-refractivity contribution is 0.371. The van der Waals surface area contributed by atoms with Crippen molar-refractivity contribution < 1.29 is 12.6 Å². The van der Waals surface area contributed by atoms with Crippen LogP contribution >= 0.6 is 0 Å². The molecule has 5 heteroatoms. The normalized spacial score (nSPS) is 11.1. The van der Waals surface area contributed by atoms with E-state index in [-0.39, 0.29) is 11.5 Å². The smallest absolute Gasteiger partial charge is 0.297 e. The van der Waals surface area contributed by atoms with E-state index in [1.165, 1.54) is 12.1 Å². The van der Waals surface area contributed by atoms with Gasteiger partial charge in [-0.15, -0.1) is 0 Å². The molecule has 1 rings (SSSR count). The van der Waals surface area contributed by atoms with Crippen LogP contribution in [0.2, 0.25) is 0 Å². The van der Waals surface area contributed by atoms with Gasteiger partial charge in [0.2, 0.25) is 0 Å². The van der Waals surface area contributed by atoms with Crippen molar-refractivity contribution >= 4 is 16.3 Å². The predicted octanol–water partition coefficient (Wildman–Crippen LogP) is 1.04. The standard InChI is InChI=1S/C8H9NO3S/c9-6-7-12-13(10,11)8-4-2-1-3-5-8/h1-6,9H,7H2. The molecule has 0 fully saturated rings. The minimum Gasteiger partial charge on any atom is -0.311 e. The molecular weight excluding hydrogens is 190 g/mol. The maximum atomic E-state index is 11.3. The molecule has 0 unspecified atom stereocenters. The quantitative estimate of drug-likeness (QED) is 0.582. The molecule has 0 aromatic heterocycles. The van der Waals surface area contributed by atoms with Gasteiger partial charge in [-0.25, -0.2) is 0 Å². The van der Waals surface area contributed by atoms with E-state index in [0.29, 0.717) is 0 Å². The second-order valence-corrected chi connectivity index (χ2v) is 3.87. The lowest BCUT2D eigenvalue weighted by Gasteiger charge is -2.01. The summed E-state index contributed by atoms with van der Waals surface area (Å²) in [7, 11) is -3.67. The molecule has 0 saturated heterocycles. The van der Waals surface area contributed by atoms with Gasteiger partial charge in [0.05, 0.1) is 4.90 Å². The molecule has 1 aromatic carbocycles. The first kappa shape index (κ1) is 9.88. The zero-order valence-corrected chi connectivity index (χ0v) is 7.62. The fraction of sp³-hybridized carbons (Fsp3) is 0.125. The molecule has 0 radical (unpaired) electrons. The molecule has 0 heterocycles. The summed E-state index contributed by atoms with van der Waals surface area (Å²) >= 11 is 0.